The molecule has 2 heterocycles. The summed E-state index contributed by atoms with van der Waals surface area (Å²) in [7, 11) is 8.43. The Hall–Kier alpha value is -6.79. The van der Waals surface area contributed by atoms with Crippen LogP contribution in [0.5, 0.6) is 0 Å². The fourth-order valence-electron chi connectivity index (χ4n) is 12.2. The number of hydrogen-bond acceptors (Lipinski definition) is 11. The van der Waals surface area contributed by atoms with E-state index in [-0.39, 0.29) is 63.3 Å². The first-order chi connectivity index (χ1) is 42.0. The third-order valence-electron chi connectivity index (χ3n) is 17.8. The van der Waals surface area contributed by atoms with Gasteiger partial charge in [0.25, 0.3) is 0 Å². The zero-order chi connectivity index (χ0) is 67.9. The van der Waals surface area contributed by atoms with E-state index in [1.54, 1.807) is 27.7 Å². The van der Waals surface area contributed by atoms with Crippen molar-refractivity contribution in [1.29, 1.82) is 0 Å². The number of rotatable bonds is 12. The molecule has 3 aliphatic rings. The number of fused-ring (bicyclic) bond motifs is 1. The molecule has 0 aromatic heterocycles. The van der Waals surface area contributed by atoms with Crippen LogP contribution in [0.15, 0.2) is 30.9 Å². The van der Waals surface area contributed by atoms with Crippen LogP contribution in [-0.4, -0.2) is 216 Å². The van der Waals surface area contributed by atoms with Crippen molar-refractivity contribution in [3.8, 4) is 0 Å². The average Bonchev–Trinajstić information content (AvgIpc) is 1.30. The smallest absolute Gasteiger partial charge is 0.351 e. The second kappa shape index (κ2) is 33.5. The number of halogens is 4. The summed E-state index contributed by atoms with van der Waals surface area (Å²) in [6, 6.07) is -4.84. The quantitative estimate of drug-likeness (QED) is 0.198. The van der Waals surface area contributed by atoms with Crippen LogP contribution in [0.4, 0.5) is 13.2 Å². The number of amides is 11. The normalized spacial score (nSPS) is 26.6. The molecule has 3 fully saturated rings. The molecule has 22 nitrogen and oxygen atoms in total. The SMILES string of the molecule is C=CC[C@]1(C)NC(=O)[C@@H]2CCCN2C(=O)[C@H](CCc2ccc(C(F)(F)F)c(Cl)c2)NC(=O)CN(C)C(=O)[C@H](CC2CCCCC2)N(C)C(=O)CN(C)C(=O)CN(C)C(=O)[C@H]([C@@H](C)CC)NC(=O)[C@H](CC(C)C)N(C)C(=O)C[C@@H](C)NC(=O)[C@H](C(C)C)N(C)C1=O. The van der Waals surface area contributed by atoms with Gasteiger partial charge in [-0.2, -0.15) is 13.2 Å². The van der Waals surface area contributed by atoms with Gasteiger partial charge in [-0.05, 0) is 100 Å². The maximum Gasteiger partial charge on any atom is 0.417 e. The number of likely N-dealkylation sites (N-methyl/N-ethyl adjacent to an activating group) is 6. The summed E-state index contributed by atoms with van der Waals surface area (Å²) >= 11 is 6.10. The van der Waals surface area contributed by atoms with Gasteiger partial charge in [0.05, 0.1) is 30.2 Å². The molecule has 2 aliphatic heterocycles. The van der Waals surface area contributed by atoms with Gasteiger partial charge in [0.15, 0.2) is 0 Å². The van der Waals surface area contributed by atoms with Crippen molar-refractivity contribution in [2.45, 2.75) is 199 Å². The van der Waals surface area contributed by atoms with E-state index in [4.69, 9.17) is 11.6 Å². The van der Waals surface area contributed by atoms with E-state index in [0.29, 0.717) is 18.4 Å². The lowest BCUT2D eigenvalue weighted by atomic mass is 9.84. The summed E-state index contributed by atoms with van der Waals surface area (Å²) in [6.45, 7) is 16.0. The highest BCUT2D eigenvalue weighted by Crippen LogP contribution is 2.36. The molecule has 0 unspecified atom stereocenters. The summed E-state index contributed by atoms with van der Waals surface area (Å²) in [5, 5.41) is 10.7. The first-order valence-electron chi connectivity index (χ1n) is 31.5. The maximum atomic E-state index is 14.9. The van der Waals surface area contributed by atoms with Crippen LogP contribution in [-0.2, 0) is 65.3 Å². The molecule has 1 aliphatic carbocycles. The van der Waals surface area contributed by atoms with Gasteiger partial charge in [0.2, 0.25) is 65.0 Å². The minimum absolute atomic E-state index is 0.0228. The monoisotopic (exact) mass is 1290 g/mol. The van der Waals surface area contributed by atoms with Crippen molar-refractivity contribution in [2.24, 2.45) is 23.7 Å². The lowest BCUT2D eigenvalue weighted by molar-refractivity contribution is -0.149. The maximum absolute atomic E-state index is 14.9. The molecular weight excluding hydrogens is 1190 g/mol. The molecule has 4 rings (SSSR count). The molecule has 0 radical (unpaired) electrons. The molecule has 90 heavy (non-hydrogen) atoms. The Bertz CT molecular complexity index is 2760. The fourth-order valence-corrected chi connectivity index (χ4v) is 12.5. The van der Waals surface area contributed by atoms with Crippen molar-refractivity contribution < 1.29 is 65.9 Å². The number of nitrogens with zero attached hydrogens (tertiary/aromatic N) is 7. The van der Waals surface area contributed by atoms with Crippen LogP contribution in [0, 0.1) is 23.7 Å². The number of aryl methyl sites for hydroxylation is 1. The highest BCUT2D eigenvalue weighted by Gasteiger charge is 2.46. The first-order valence-corrected chi connectivity index (χ1v) is 31.9. The second-order valence-electron chi connectivity index (χ2n) is 26.1. The van der Waals surface area contributed by atoms with Gasteiger partial charge in [-0.25, -0.2) is 0 Å². The number of hydrogen-bond donors (Lipinski definition) is 4. The Morgan fingerprint density at radius 3 is 1.90 bits per heavy atom. The van der Waals surface area contributed by atoms with Crippen molar-refractivity contribution in [3.05, 3.63) is 47.0 Å². The topological polar surface area (TPSA) is 259 Å². The number of alkyl halides is 3. The summed E-state index contributed by atoms with van der Waals surface area (Å²) in [6.07, 6.45) is 1.60. The van der Waals surface area contributed by atoms with Crippen LogP contribution in [0.3, 0.4) is 0 Å². The van der Waals surface area contributed by atoms with E-state index >= 15 is 0 Å². The van der Waals surface area contributed by atoms with Crippen LogP contribution in [0.2, 0.25) is 5.02 Å². The molecule has 0 bridgehead atoms. The molecule has 4 N–H and O–H groups in total. The van der Waals surface area contributed by atoms with E-state index in [9.17, 15) is 65.9 Å². The summed E-state index contributed by atoms with van der Waals surface area (Å²) in [4.78, 5) is 167. The van der Waals surface area contributed by atoms with E-state index in [0.717, 1.165) is 58.9 Å². The predicted octanol–water partition coefficient (Wildman–Crippen LogP) is 5.19. The minimum Gasteiger partial charge on any atom is -0.351 e. The Balaban J connectivity index is 1.81. The second-order valence-corrected chi connectivity index (χ2v) is 26.5. The minimum atomic E-state index is -4.75. The molecule has 1 saturated carbocycles. The van der Waals surface area contributed by atoms with Crippen molar-refractivity contribution in [2.75, 3.05) is 68.5 Å². The van der Waals surface area contributed by atoms with Crippen molar-refractivity contribution in [1.82, 2.24) is 55.6 Å². The van der Waals surface area contributed by atoms with E-state index in [1.165, 1.54) is 81.0 Å². The molecule has 26 heteroatoms. The highest BCUT2D eigenvalue weighted by atomic mass is 35.5. The Morgan fingerprint density at radius 1 is 0.711 bits per heavy atom. The molecular formula is C64H99ClF3N11O11. The number of nitrogens with one attached hydrogen (secondary N) is 4. The zero-order valence-electron chi connectivity index (χ0n) is 55.2. The Labute approximate surface area is 534 Å². The summed E-state index contributed by atoms with van der Waals surface area (Å²) < 4.78 is 41.2. The van der Waals surface area contributed by atoms with Crippen molar-refractivity contribution in [3.63, 3.8) is 0 Å². The molecule has 2 saturated heterocycles. The highest BCUT2D eigenvalue weighted by molar-refractivity contribution is 6.31. The standard InChI is InChI=1S/C64H99ClF3N11O11/c1-16-29-63(9)62(90)78(15)55(39(5)6)58(86)69-41(8)32-51(81)76(13)48(31-38(3)4)56(84)71-54(40(7)17-2)61(89)75(12)36-52(82)73(10)37-53(83)77(14)49(34-42-22-19-18-20-23-42)60(88)74(11)35-50(80)70-46(59(87)79-30-21-24-47(79)57(85)72-63)28-26-43-25-27-44(45(65)33-43)64(66,67)68/h16,25,27,33,38-42,46-49,54-55H,1,17-24,26,28-32,34-37H2,2-15H3,(H,69,86)(H,70,80)(H,71,84)(H,72,85)/t40-,41+,46-,47-,48-,49-,54-,55-,63-/m0/s1. The predicted molar refractivity (Wildman–Crippen MR) is 334 cm³/mol. The molecule has 11 amide bonds. The summed E-state index contributed by atoms with van der Waals surface area (Å²) in [5.74, 6) is -8.30. The lowest BCUT2D eigenvalue weighted by Crippen LogP contribution is -2.64. The lowest BCUT2D eigenvalue weighted by Gasteiger charge is -2.39. The van der Waals surface area contributed by atoms with Gasteiger partial charge in [0, 0.05) is 61.3 Å². The van der Waals surface area contributed by atoms with E-state index in [1.807, 2.05) is 20.8 Å². The average molecular weight is 1290 g/mol. The van der Waals surface area contributed by atoms with Gasteiger partial charge in [0.1, 0.15) is 41.8 Å². The third-order valence-corrected chi connectivity index (χ3v) is 18.1. The van der Waals surface area contributed by atoms with Gasteiger partial charge < -0.3 is 55.6 Å². The number of carbonyl (C=O) groups excluding carboxylic acids is 11. The number of carbonyl (C=O) groups is 11. The van der Waals surface area contributed by atoms with Crippen LogP contribution >= 0.6 is 11.6 Å². The number of benzene rings is 1. The zero-order valence-corrected chi connectivity index (χ0v) is 56.0. The van der Waals surface area contributed by atoms with Crippen LogP contribution < -0.4 is 21.3 Å². The van der Waals surface area contributed by atoms with E-state index in [2.05, 4.69) is 27.8 Å². The summed E-state index contributed by atoms with van der Waals surface area (Å²) in [5.41, 5.74) is -2.54. The van der Waals surface area contributed by atoms with Crippen LogP contribution in [0.1, 0.15) is 150 Å². The van der Waals surface area contributed by atoms with E-state index < -0.39 is 161 Å². The molecule has 1 aromatic carbocycles. The molecule has 9 atom stereocenters. The van der Waals surface area contributed by atoms with Crippen molar-refractivity contribution >= 4 is 76.6 Å². The molecule has 504 valence electrons. The first kappa shape index (κ1) is 75.7. The van der Waals surface area contributed by atoms with Crippen LogP contribution in [0.25, 0.3) is 0 Å². The Kier molecular flexibility index (Phi) is 28.2. The van der Waals surface area contributed by atoms with Gasteiger partial charge >= 0.3 is 6.18 Å². The fraction of sp³-hybridized carbons (Fsp3) is 0.703. The molecule has 0 spiro atoms. The van der Waals surface area contributed by atoms with Gasteiger partial charge in [-0.3, -0.25) is 52.7 Å². The largest absolute Gasteiger partial charge is 0.417 e. The van der Waals surface area contributed by atoms with Gasteiger partial charge in [-0.15, -0.1) is 6.58 Å². The third kappa shape index (κ3) is 20.4. The molecule has 1 aromatic rings. The Morgan fingerprint density at radius 2 is 1.32 bits per heavy atom. The van der Waals surface area contributed by atoms with Gasteiger partial charge in [-0.1, -0.05) is 104 Å².